The summed E-state index contributed by atoms with van der Waals surface area (Å²) in [5.74, 6) is -0.154. The lowest BCUT2D eigenvalue weighted by atomic mass is 10.1. The van der Waals surface area contributed by atoms with Gasteiger partial charge in [0, 0.05) is 11.3 Å². The number of ether oxygens (including phenoxy) is 1. The van der Waals surface area contributed by atoms with Crippen molar-refractivity contribution in [2.75, 3.05) is 0 Å². The minimum absolute atomic E-state index is 0.154. The minimum atomic E-state index is -1.32. The summed E-state index contributed by atoms with van der Waals surface area (Å²) >= 11 is 6.30. The van der Waals surface area contributed by atoms with Gasteiger partial charge in [-0.1, -0.05) is 35.7 Å². The third-order valence-electron chi connectivity index (χ3n) is 3.59. The van der Waals surface area contributed by atoms with E-state index in [-0.39, 0.29) is 5.97 Å². The molecule has 0 aromatic heterocycles. The van der Waals surface area contributed by atoms with E-state index in [1.165, 1.54) is 0 Å². The highest BCUT2D eigenvalue weighted by molar-refractivity contribution is 7.90. The average molecular weight is 385 g/mol. The van der Waals surface area contributed by atoms with Gasteiger partial charge in [-0.25, -0.2) is 4.21 Å². The summed E-state index contributed by atoms with van der Waals surface area (Å²) < 4.78 is 18.2. The molecule has 25 heavy (non-hydrogen) atoms. The van der Waals surface area contributed by atoms with Crippen LogP contribution in [0.1, 0.15) is 65.4 Å². The Bertz CT molecular complexity index is 627. The number of hydrogen-bond donors (Lipinski definition) is 0. The summed E-state index contributed by atoms with van der Waals surface area (Å²) in [5, 5.41) is 0. The molecular weight excluding hydrogens is 356 g/mol. The van der Waals surface area contributed by atoms with Crippen LogP contribution in [0.4, 0.5) is 0 Å². The zero-order chi connectivity index (χ0) is 19.0. The number of hydrogen-bond acceptors (Lipinski definition) is 3. The van der Waals surface area contributed by atoms with E-state index in [0.717, 1.165) is 41.7 Å². The zero-order valence-electron chi connectivity index (χ0n) is 15.9. The van der Waals surface area contributed by atoms with Crippen LogP contribution in [0.15, 0.2) is 39.1 Å². The van der Waals surface area contributed by atoms with Crippen molar-refractivity contribution in [3.8, 4) is 0 Å². The second kappa shape index (κ2) is 10.1. The van der Waals surface area contributed by atoms with Crippen LogP contribution in [-0.2, 0) is 20.3 Å². The molecule has 3 nitrogen and oxygen atoms in total. The van der Waals surface area contributed by atoms with E-state index < -0.39 is 16.4 Å². The molecular formula is C20H29ClO3S. The predicted molar refractivity (Wildman–Crippen MR) is 105 cm³/mol. The maximum absolute atomic E-state index is 12.5. The Morgan fingerprint density at radius 1 is 1.08 bits per heavy atom. The van der Waals surface area contributed by atoms with Crippen LogP contribution in [0.5, 0.6) is 0 Å². The molecule has 0 aliphatic carbocycles. The molecule has 1 atom stereocenters. The van der Waals surface area contributed by atoms with Crippen LogP contribution in [0.25, 0.3) is 0 Å². The topological polar surface area (TPSA) is 43.4 Å². The lowest BCUT2D eigenvalue weighted by Crippen LogP contribution is -2.23. The molecule has 0 N–H and O–H groups in total. The highest BCUT2D eigenvalue weighted by Crippen LogP contribution is 2.24. The van der Waals surface area contributed by atoms with Gasteiger partial charge in [-0.2, -0.15) is 0 Å². The van der Waals surface area contributed by atoms with Gasteiger partial charge in [0.25, 0.3) is 0 Å². The molecule has 0 saturated carbocycles. The number of rotatable bonds is 8. The number of benzene rings is 1. The predicted octanol–water partition coefficient (Wildman–Crippen LogP) is 5.87. The Morgan fingerprint density at radius 2 is 1.64 bits per heavy atom. The van der Waals surface area contributed by atoms with E-state index >= 15 is 0 Å². The third-order valence-corrected chi connectivity index (χ3v) is 5.70. The number of carbonyl (C=O) groups excluding carboxylic acids is 1. The lowest BCUT2D eigenvalue weighted by molar-refractivity contribution is -0.154. The second-order valence-corrected chi connectivity index (χ2v) is 9.30. The van der Waals surface area contributed by atoms with Gasteiger partial charge in [0.2, 0.25) is 0 Å². The highest BCUT2D eigenvalue weighted by atomic mass is 35.5. The van der Waals surface area contributed by atoms with E-state index in [2.05, 4.69) is 0 Å². The fraction of sp³-hybridized carbons (Fsp3) is 0.550. The third kappa shape index (κ3) is 8.68. The first-order valence-electron chi connectivity index (χ1n) is 8.65. The van der Waals surface area contributed by atoms with Crippen molar-refractivity contribution in [2.24, 2.45) is 0 Å². The smallest absolute Gasteiger partial charge is 0.306 e. The maximum Gasteiger partial charge on any atom is 0.306 e. The molecule has 0 saturated heterocycles. The van der Waals surface area contributed by atoms with Crippen molar-refractivity contribution in [1.82, 2.24) is 0 Å². The molecule has 0 heterocycles. The molecule has 140 valence electrons. The van der Waals surface area contributed by atoms with Gasteiger partial charge in [-0.3, -0.25) is 4.79 Å². The fourth-order valence-electron chi connectivity index (χ4n) is 2.25. The summed E-state index contributed by atoms with van der Waals surface area (Å²) in [7, 11) is -1.32. The number of esters is 1. The van der Waals surface area contributed by atoms with Crippen molar-refractivity contribution in [3.63, 3.8) is 0 Å². The van der Waals surface area contributed by atoms with Crippen LogP contribution in [-0.4, -0.2) is 15.8 Å². The molecule has 0 spiro atoms. The van der Waals surface area contributed by atoms with Crippen LogP contribution in [0, 0.1) is 6.92 Å². The normalized spacial score (nSPS) is 14.0. The lowest BCUT2D eigenvalue weighted by Gasteiger charge is -2.19. The van der Waals surface area contributed by atoms with E-state index in [1.54, 1.807) is 0 Å². The van der Waals surface area contributed by atoms with Crippen molar-refractivity contribution < 1.29 is 13.7 Å². The number of carbonyl (C=O) groups is 1. The molecule has 1 rings (SSSR count). The number of unbranched alkanes of at least 4 members (excludes halogenated alkanes) is 2. The monoisotopic (exact) mass is 384 g/mol. The Labute approximate surface area is 159 Å². The van der Waals surface area contributed by atoms with E-state index in [4.69, 9.17) is 16.3 Å². The van der Waals surface area contributed by atoms with Gasteiger partial charge in [-0.05, 0) is 71.6 Å². The molecule has 1 aromatic rings. The van der Waals surface area contributed by atoms with Gasteiger partial charge in [0.05, 0.1) is 10.8 Å². The SMILES string of the molecule is C/C(CCCCCC(=O)OC(C)(C)C)=C(\Cl)S(=O)c1ccc(C)cc1. The summed E-state index contributed by atoms with van der Waals surface area (Å²) in [6.45, 7) is 9.52. The summed E-state index contributed by atoms with van der Waals surface area (Å²) in [4.78, 5) is 12.4. The van der Waals surface area contributed by atoms with Gasteiger partial charge < -0.3 is 4.74 Å². The van der Waals surface area contributed by atoms with Gasteiger partial charge in [0.1, 0.15) is 9.97 Å². The first kappa shape index (κ1) is 21.9. The van der Waals surface area contributed by atoms with Crippen molar-refractivity contribution in [3.05, 3.63) is 39.8 Å². The quantitative estimate of drug-likeness (QED) is 0.416. The summed E-state index contributed by atoms with van der Waals surface area (Å²) in [5.41, 5.74) is 1.64. The van der Waals surface area contributed by atoms with Crippen LogP contribution in [0.3, 0.4) is 0 Å². The first-order valence-corrected chi connectivity index (χ1v) is 10.2. The molecule has 5 heteroatoms. The fourth-order valence-corrected chi connectivity index (χ4v) is 3.62. The van der Waals surface area contributed by atoms with Gasteiger partial charge in [0.15, 0.2) is 0 Å². The highest BCUT2D eigenvalue weighted by Gasteiger charge is 2.15. The molecule has 0 bridgehead atoms. The summed E-state index contributed by atoms with van der Waals surface area (Å²) in [6.07, 6.45) is 3.84. The van der Waals surface area contributed by atoms with Gasteiger partial charge >= 0.3 is 5.97 Å². The van der Waals surface area contributed by atoms with Gasteiger partial charge in [-0.15, -0.1) is 0 Å². The van der Waals surface area contributed by atoms with Crippen LogP contribution < -0.4 is 0 Å². The molecule has 1 aromatic carbocycles. The minimum Gasteiger partial charge on any atom is -0.460 e. The average Bonchev–Trinajstić information content (AvgIpc) is 2.52. The zero-order valence-corrected chi connectivity index (χ0v) is 17.4. The summed E-state index contributed by atoms with van der Waals surface area (Å²) in [6, 6.07) is 7.57. The van der Waals surface area contributed by atoms with Crippen LogP contribution >= 0.6 is 11.6 Å². The Hall–Kier alpha value is -1.13. The van der Waals surface area contributed by atoms with E-state index in [9.17, 15) is 9.00 Å². The van der Waals surface area contributed by atoms with Crippen molar-refractivity contribution in [1.29, 1.82) is 0 Å². The Kier molecular flexibility index (Phi) is 8.87. The molecule has 0 radical (unpaired) electrons. The molecule has 0 amide bonds. The maximum atomic E-state index is 12.5. The molecule has 1 unspecified atom stereocenters. The van der Waals surface area contributed by atoms with E-state index in [0.29, 0.717) is 10.8 Å². The number of halogens is 1. The Balaban J connectivity index is 2.40. The second-order valence-electron chi connectivity index (χ2n) is 7.28. The Morgan fingerprint density at radius 3 is 2.20 bits per heavy atom. The van der Waals surface area contributed by atoms with E-state index in [1.807, 2.05) is 58.9 Å². The number of aryl methyl sites for hydroxylation is 1. The largest absolute Gasteiger partial charge is 0.460 e. The van der Waals surface area contributed by atoms with Crippen molar-refractivity contribution in [2.45, 2.75) is 77.2 Å². The molecule has 0 aliphatic rings. The molecule has 0 aliphatic heterocycles. The van der Waals surface area contributed by atoms with Crippen LogP contribution in [0.2, 0.25) is 0 Å². The number of allylic oxidation sites excluding steroid dienone is 1. The first-order chi connectivity index (χ1) is 11.6. The standard InChI is InChI=1S/C20H29ClO3S/c1-15-11-13-17(14-12-15)25(23)19(21)16(2)9-7-6-8-10-18(22)24-20(3,4)5/h11-14H,6-10H2,1-5H3/b19-16-. The van der Waals surface area contributed by atoms with Crippen molar-refractivity contribution >= 4 is 28.4 Å². The molecule has 0 fully saturated rings.